The number of rotatable bonds is 16. The summed E-state index contributed by atoms with van der Waals surface area (Å²) in [5.74, 6) is 38.2. The molecule has 4 N–H and O–H groups in total. The molecule has 0 spiro atoms. The molecule has 0 unspecified atom stereocenters. The van der Waals surface area contributed by atoms with Crippen LogP contribution in [0.5, 0.6) is 0 Å². The molecule has 440 valence electrons. The van der Waals surface area contributed by atoms with Gasteiger partial charge in [0.15, 0.2) is 0 Å². The van der Waals surface area contributed by atoms with E-state index in [0.29, 0.717) is 44.3 Å². The van der Waals surface area contributed by atoms with Crippen LogP contribution in [0, 0.1) is 108 Å². The van der Waals surface area contributed by atoms with Crippen LogP contribution in [0.15, 0.2) is 303 Å². The lowest BCUT2D eigenvalue weighted by Gasteiger charge is -2.35. The van der Waals surface area contributed by atoms with Gasteiger partial charge in [0.1, 0.15) is 0 Å². The van der Waals surface area contributed by atoms with E-state index in [1.165, 1.54) is 0 Å². The van der Waals surface area contributed by atoms with Crippen molar-refractivity contribution in [1.82, 2.24) is 0 Å². The van der Waals surface area contributed by atoms with Crippen molar-refractivity contribution in [2.45, 2.75) is 13.2 Å². The van der Waals surface area contributed by atoms with Crippen LogP contribution in [-0.4, -0.2) is 53.4 Å². The van der Waals surface area contributed by atoms with E-state index in [0.717, 1.165) is 21.5 Å². The molecule has 0 aromatic heterocycles. The van der Waals surface area contributed by atoms with Gasteiger partial charge in [0.25, 0.3) is 0 Å². The quantitative estimate of drug-likeness (QED) is 0.0615. The molecule has 0 saturated heterocycles. The topological polar surface area (TPSA) is 109 Å². The van der Waals surface area contributed by atoms with Crippen molar-refractivity contribution in [2.24, 2.45) is 0 Å². The van der Waals surface area contributed by atoms with Gasteiger partial charge in [-0.3, -0.25) is 0 Å². The highest BCUT2D eigenvalue weighted by Gasteiger charge is 2.51. The molecular weight excluding hydrogens is 1190 g/mol. The normalized spacial score (nSPS) is 10.0. The monoisotopic (exact) mass is 1250 g/mol. The molecule has 0 heterocycles. The summed E-state index contributed by atoms with van der Waals surface area (Å²) in [6.45, 7) is 1.01. The van der Waals surface area contributed by atoms with E-state index in [2.05, 4.69) is 168 Å². The van der Waals surface area contributed by atoms with Gasteiger partial charge in [-0.1, -0.05) is 303 Å². The third-order valence-electron chi connectivity index (χ3n) is 13.1. The predicted molar refractivity (Wildman–Crippen MR) is 378 cm³/mol. The molecule has 0 amide bonds. The zero-order chi connectivity index (χ0) is 64.0. The van der Waals surface area contributed by atoms with Crippen LogP contribution in [0.4, 0.5) is 0 Å². The maximum Gasteiger partial charge on any atom is 0.407 e. The highest BCUT2D eigenvalue weighted by atomic mass is 28.5. The highest BCUT2D eigenvalue weighted by Crippen LogP contribution is 2.17. The maximum atomic E-state index is 12.0. The van der Waals surface area contributed by atoms with Gasteiger partial charge in [-0.05, 0) is 147 Å². The van der Waals surface area contributed by atoms with Gasteiger partial charge in [0.2, 0.25) is 0 Å². The van der Waals surface area contributed by atoms with Crippen LogP contribution < -0.4 is 41.5 Å². The van der Waals surface area contributed by atoms with Gasteiger partial charge < -0.3 is 32.1 Å². The second-order valence-electron chi connectivity index (χ2n) is 19.2. The Balaban J connectivity index is 0.000000201. The average Bonchev–Trinajstić information content (AvgIpc) is 0.869. The maximum absolute atomic E-state index is 12.0. The molecule has 0 radical (unpaired) electrons. The number of hydrogen-bond donors (Lipinski definition) is 4. The first-order valence-corrected chi connectivity index (χ1v) is 35.9. The molecule has 0 saturated carbocycles. The van der Waals surface area contributed by atoms with Crippen molar-refractivity contribution < 1.29 is 33.6 Å². The smallest absolute Gasteiger partial charge is 0.404 e. The van der Waals surface area contributed by atoms with Crippen molar-refractivity contribution in [1.29, 1.82) is 0 Å². The molecule has 7 nitrogen and oxygen atoms in total. The lowest BCUT2D eigenvalue weighted by atomic mass is 10.2. The summed E-state index contributed by atoms with van der Waals surface area (Å²) in [5.41, 5.74) is 2.28. The Morgan fingerprint density at radius 2 is 0.440 bits per heavy atom. The van der Waals surface area contributed by atoms with Gasteiger partial charge in [0.05, 0.1) is 13.2 Å². The summed E-state index contributed by atoms with van der Waals surface area (Å²) >= 11 is 0. The van der Waals surface area contributed by atoms with Crippen LogP contribution in [0.1, 0.15) is 12.6 Å². The van der Waals surface area contributed by atoms with Crippen LogP contribution in [0.2, 0.25) is 0 Å². The predicted octanol–water partition coefficient (Wildman–Crippen LogP) is 6.93. The molecule has 10 rings (SSSR count). The summed E-state index contributed by atoms with van der Waals surface area (Å²) in [5, 5.41) is 6.23. The van der Waals surface area contributed by atoms with Crippen molar-refractivity contribution in [3.8, 4) is 108 Å². The van der Waals surface area contributed by atoms with E-state index in [-0.39, 0.29) is 1.43 Å². The summed E-state index contributed by atoms with van der Waals surface area (Å²) < 4.78 is 20.0. The van der Waals surface area contributed by atoms with Crippen LogP contribution in [-0.2, 0) is 26.2 Å². The standard InChI is InChI=1S/C26H24O2Si.C24H22O3Si2.C18H2.C12H12O2Si.H2/c1-5-13-23(14-6-1)21-27-29(25-17-9-3-10-18-25,26-19-11-4-12-20-26)28-22-24-15-7-2-8-16-24;25-28(21-13-5-1-6-14-21,22-15-7-2-8-16-22)27-29(26,23-17-9-3-10-18-23)24-19-11-4-12-20-24;1-3-5-7-9-11-13-15-17-18-16-14-12-10-8-6-4-2;13-15(14,11-7-3-1-4-8-11)12-9-5-2-6-10-12;/h1-20H,21-22H2;1-20,25-26H;1-2H;1-10,13-14H;1H. The molecule has 0 fully saturated rings. The van der Waals surface area contributed by atoms with Crippen molar-refractivity contribution in [3.63, 3.8) is 0 Å². The van der Waals surface area contributed by atoms with Crippen molar-refractivity contribution >= 4 is 75.7 Å². The number of terminal acetylenes is 2. The van der Waals surface area contributed by atoms with E-state index in [9.17, 15) is 19.2 Å². The van der Waals surface area contributed by atoms with E-state index in [1.807, 2.05) is 206 Å². The van der Waals surface area contributed by atoms with Crippen LogP contribution in [0.25, 0.3) is 0 Å². The molecule has 0 aliphatic rings. The van der Waals surface area contributed by atoms with Gasteiger partial charge in [-0.2, -0.15) is 0 Å². The summed E-state index contributed by atoms with van der Waals surface area (Å²) in [6.07, 6.45) is 9.76. The molecule has 10 aromatic rings. The lowest BCUT2D eigenvalue weighted by Crippen LogP contribution is -2.73. The first-order chi connectivity index (χ1) is 44.6. The SMILES string of the molecule is C#CC#CC#CC#CC#CC#CC#CC#CC#C.O[Si](O)(c1ccccc1)c1ccccc1.O[Si](O[Si](O)(c1ccccc1)c1ccccc1)(c1ccccc1)c1ccccc1.[HH].c1ccc(CO[Si](OCc2ccccc2)(c2ccccc2)c2ccccc2)cc1. The van der Waals surface area contributed by atoms with E-state index >= 15 is 0 Å². The summed E-state index contributed by atoms with van der Waals surface area (Å²) in [7, 11) is -13.8. The van der Waals surface area contributed by atoms with E-state index in [1.54, 1.807) is 24.3 Å². The zero-order valence-corrected chi connectivity index (χ0v) is 53.5. The van der Waals surface area contributed by atoms with Gasteiger partial charge >= 0.3 is 34.2 Å². The third kappa shape index (κ3) is 20.7. The highest BCUT2D eigenvalue weighted by molar-refractivity contribution is 7.03. The fraction of sp³-hybridized carbons (Fsp3) is 0.0250. The summed E-state index contributed by atoms with van der Waals surface area (Å²) in [4.78, 5) is 44.3. The molecular formula is C80H62O7Si4. The second-order valence-corrected chi connectivity index (χ2v) is 30.4. The zero-order valence-electron chi connectivity index (χ0n) is 49.5. The minimum absolute atomic E-state index is 0. The Bertz CT molecular complexity index is 4060. The Kier molecular flexibility index (Phi) is 27.3. The van der Waals surface area contributed by atoms with Crippen LogP contribution >= 0.6 is 0 Å². The molecule has 0 atom stereocenters. The van der Waals surface area contributed by atoms with Crippen LogP contribution in [0.3, 0.4) is 0 Å². The molecule has 0 aliphatic carbocycles. The van der Waals surface area contributed by atoms with Crippen molar-refractivity contribution in [2.75, 3.05) is 0 Å². The number of hydrogen-bond acceptors (Lipinski definition) is 7. The Labute approximate surface area is 541 Å². The molecule has 10 aromatic carbocycles. The van der Waals surface area contributed by atoms with Gasteiger partial charge in [0, 0.05) is 1.43 Å². The Morgan fingerprint density at radius 1 is 0.253 bits per heavy atom. The average molecular weight is 1250 g/mol. The molecule has 11 heteroatoms. The fourth-order valence-corrected chi connectivity index (χ4v) is 20.3. The largest absolute Gasteiger partial charge is 0.407 e. The molecule has 0 bridgehead atoms. The Morgan fingerprint density at radius 3 is 0.659 bits per heavy atom. The van der Waals surface area contributed by atoms with E-state index < -0.39 is 34.2 Å². The third-order valence-corrected chi connectivity index (χ3v) is 25.5. The minimum Gasteiger partial charge on any atom is -0.404 e. The molecule has 91 heavy (non-hydrogen) atoms. The lowest BCUT2D eigenvalue weighted by molar-refractivity contribution is 0.176. The Hall–Kier alpha value is -11.2. The van der Waals surface area contributed by atoms with Gasteiger partial charge in [-0.25, -0.2) is 0 Å². The fourth-order valence-electron chi connectivity index (χ4n) is 8.77. The van der Waals surface area contributed by atoms with E-state index in [4.69, 9.17) is 25.8 Å². The number of benzene rings is 10. The minimum atomic E-state index is -3.69. The van der Waals surface area contributed by atoms with Gasteiger partial charge in [-0.15, -0.1) is 12.8 Å². The first-order valence-electron chi connectivity index (χ1n) is 28.4. The molecule has 0 aliphatic heterocycles. The van der Waals surface area contributed by atoms with Crippen molar-refractivity contribution in [3.05, 3.63) is 314 Å². The summed E-state index contributed by atoms with van der Waals surface area (Å²) in [6, 6.07) is 96.9. The second kappa shape index (κ2) is 36.9. The first kappa shape index (κ1) is 67.3.